The first-order chi connectivity index (χ1) is 9.03. The van der Waals surface area contributed by atoms with Crippen LogP contribution in [0.5, 0.6) is 0 Å². The fourth-order valence-corrected chi connectivity index (χ4v) is 3.32. The molecule has 19 heavy (non-hydrogen) atoms. The van der Waals surface area contributed by atoms with Crippen molar-refractivity contribution >= 4 is 15.7 Å². The number of nitrogens with one attached hydrogen (secondary N) is 2. The number of sulfonamides is 1. The molecule has 1 atom stereocenters. The lowest BCUT2D eigenvalue weighted by Gasteiger charge is -2.08. The first-order valence-corrected chi connectivity index (χ1v) is 7.89. The molecule has 0 amide bonds. The number of benzene rings is 1. The number of rotatable bonds is 6. The smallest absolute Gasteiger partial charge is 0.240 e. The fourth-order valence-electron chi connectivity index (χ4n) is 2.20. The molecule has 0 fully saturated rings. The van der Waals surface area contributed by atoms with Crippen LogP contribution < -0.4 is 10.0 Å². The van der Waals surface area contributed by atoms with Crippen LogP contribution in [0.3, 0.4) is 0 Å². The molecule has 2 rings (SSSR count). The van der Waals surface area contributed by atoms with E-state index in [4.69, 9.17) is 4.74 Å². The summed E-state index contributed by atoms with van der Waals surface area (Å²) in [5.74, 6) is 0. The summed E-state index contributed by atoms with van der Waals surface area (Å²) in [5.41, 5.74) is 2.10. The van der Waals surface area contributed by atoms with Gasteiger partial charge in [0, 0.05) is 32.0 Å². The maximum absolute atomic E-state index is 12.1. The first-order valence-electron chi connectivity index (χ1n) is 6.41. The van der Waals surface area contributed by atoms with Gasteiger partial charge >= 0.3 is 0 Å². The van der Waals surface area contributed by atoms with Crippen LogP contribution in [0.15, 0.2) is 23.1 Å². The Bertz CT molecular complexity index is 543. The van der Waals surface area contributed by atoms with E-state index in [-0.39, 0.29) is 0 Å². The molecule has 1 aromatic carbocycles. The molecule has 1 aromatic rings. The van der Waals surface area contributed by atoms with Gasteiger partial charge in [0.25, 0.3) is 0 Å². The highest BCUT2D eigenvalue weighted by Gasteiger charge is 2.20. The number of ether oxygens (including phenoxy) is 1. The molecule has 106 valence electrons. The molecule has 0 aromatic heterocycles. The summed E-state index contributed by atoms with van der Waals surface area (Å²) in [5, 5.41) is 3.30. The Morgan fingerprint density at radius 1 is 1.47 bits per heavy atom. The zero-order chi connectivity index (χ0) is 13.9. The Kier molecular flexibility index (Phi) is 4.44. The fraction of sp³-hybridized carbons (Fsp3) is 0.538. The van der Waals surface area contributed by atoms with E-state index in [1.165, 1.54) is 0 Å². The van der Waals surface area contributed by atoms with Gasteiger partial charge in [-0.2, -0.15) is 0 Å². The van der Waals surface area contributed by atoms with Crippen LogP contribution in [-0.2, 0) is 21.2 Å². The minimum atomic E-state index is -3.41. The molecular formula is C13H20N2O3S. The Hall–Kier alpha value is -1.11. The molecule has 0 unspecified atom stereocenters. The van der Waals surface area contributed by atoms with Crippen molar-refractivity contribution < 1.29 is 13.2 Å². The summed E-state index contributed by atoms with van der Waals surface area (Å²) in [6, 6.07) is 5.60. The van der Waals surface area contributed by atoms with Crippen LogP contribution in [0.2, 0.25) is 0 Å². The van der Waals surface area contributed by atoms with Gasteiger partial charge in [-0.25, -0.2) is 13.1 Å². The highest BCUT2D eigenvalue weighted by atomic mass is 32.2. The second-order valence-corrected chi connectivity index (χ2v) is 6.58. The monoisotopic (exact) mass is 284 g/mol. The van der Waals surface area contributed by atoms with E-state index in [0.717, 1.165) is 17.7 Å². The molecule has 0 radical (unpaired) electrons. The van der Waals surface area contributed by atoms with Gasteiger partial charge in [-0.3, -0.25) is 0 Å². The van der Waals surface area contributed by atoms with E-state index in [1.807, 2.05) is 6.07 Å². The molecule has 0 spiro atoms. The largest absolute Gasteiger partial charge is 0.385 e. The van der Waals surface area contributed by atoms with Crippen LogP contribution in [0, 0.1) is 0 Å². The minimum absolute atomic E-state index is 0.333. The van der Waals surface area contributed by atoms with E-state index in [1.54, 1.807) is 19.2 Å². The van der Waals surface area contributed by atoms with Crippen molar-refractivity contribution in [1.29, 1.82) is 0 Å². The molecule has 0 saturated carbocycles. The minimum Gasteiger partial charge on any atom is -0.385 e. The molecule has 1 heterocycles. The number of anilines is 1. The van der Waals surface area contributed by atoms with Gasteiger partial charge in [0.05, 0.1) is 4.90 Å². The molecule has 0 aliphatic carbocycles. The van der Waals surface area contributed by atoms with Gasteiger partial charge in [0.1, 0.15) is 0 Å². The highest BCUT2D eigenvalue weighted by molar-refractivity contribution is 7.89. The van der Waals surface area contributed by atoms with Crippen molar-refractivity contribution in [2.45, 2.75) is 30.7 Å². The topological polar surface area (TPSA) is 67.4 Å². The predicted octanol–water partition coefficient (Wildman–Crippen LogP) is 1.36. The number of hydrogen-bond donors (Lipinski definition) is 2. The van der Waals surface area contributed by atoms with Crippen LogP contribution in [-0.4, -0.2) is 34.7 Å². The average Bonchev–Trinajstić information content (AvgIpc) is 2.73. The maximum Gasteiger partial charge on any atom is 0.240 e. The average molecular weight is 284 g/mol. The summed E-state index contributed by atoms with van der Waals surface area (Å²) >= 11 is 0. The highest BCUT2D eigenvalue weighted by Crippen LogP contribution is 2.27. The predicted molar refractivity (Wildman–Crippen MR) is 74.9 cm³/mol. The molecule has 5 nitrogen and oxygen atoms in total. The zero-order valence-corrected chi connectivity index (χ0v) is 12.1. The summed E-state index contributed by atoms with van der Waals surface area (Å²) in [4.78, 5) is 0.333. The van der Waals surface area contributed by atoms with E-state index in [2.05, 4.69) is 17.0 Å². The second kappa shape index (κ2) is 5.90. The first kappa shape index (κ1) is 14.3. The molecule has 1 aliphatic heterocycles. The van der Waals surface area contributed by atoms with E-state index < -0.39 is 10.0 Å². The Morgan fingerprint density at radius 3 is 3.00 bits per heavy atom. The van der Waals surface area contributed by atoms with Gasteiger partial charge in [-0.1, -0.05) is 0 Å². The van der Waals surface area contributed by atoms with Crippen molar-refractivity contribution in [3.8, 4) is 0 Å². The van der Waals surface area contributed by atoms with E-state index >= 15 is 0 Å². The SMILES string of the molecule is COCCCNS(=O)(=O)c1ccc2c(c1)C[C@@H](C)N2. The van der Waals surface area contributed by atoms with Crippen LogP contribution in [0.1, 0.15) is 18.9 Å². The van der Waals surface area contributed by atoms with E-state index in [0.29, 0.717) is 30.5 Å². The molecule has 0 saturated heterocycles. The summed E-state index contributed by atoms with van der Waals surface area (Å²) in [6.45, 7) is 3.02. The van der Waals surface area contributed by atoms with Gasteiger partial charge in [0.2, 0.25) is 10.0 Å². The van der Waals surface area contributed by atoms with Crippen LogP contribution in [0.25, 0.3) is 0 Å². The van der Waals surface area contributed by atoms with Crippen molar-refractivity contribution in [3.05, 3.63) is 23.8 Å². The third-order valence-electron chi connectivity index (χ3n) is 3.13. The Labute approximate surface area is 114 Å². The third-order valence-corrected chi connectivity index (χ3v) is 4.59. The summed E-state index contributed by atoms with van der Waals surface area (Å²) in [6.07, 6.45) is 1.53. The normalized spacial score (nSPS) is 18.1. The van der Waals surface area contributed by atoms with Gasteiger partial charge in [0.15, 0.2) is 0 Å². The Morgan fingerprint density at radius 2 is 2.26 bits per heavy atom. The molecule has 6 heteroatoms. The lowest BCUT2D eigenvalue weighted by Crippen LogP contribution is -2.25. The van der Waals surface area contributed by atoms with Crippen LogP contribution in [0.4, 0.5) is 5.69 Å². The van der Waals surface area contributed by atoms with Crippen molar-refractivity contribution in [2.75, 3.05) is 25.6 Å². The number of hydrogen-bond acceptors (Lipinski definition) is 4. The third kappa shape index (κ3) is 3.46. The number of fused-ring (bicyclic) bond motifs is 1. The lowest BCUT2D eigenvalue weighted by atomic mass is 10.1. The summed E-state index contributed by atoms with van der Waals surface area (Å²) in [7, 11) is -1.81. The molecule has 1 aliphatic rings. The van der Waals surface area contributed by atoms with Crippen molar-refractivity contribution in [3.63, 3.8) is 0 Å². The lowest BCUT2D eigenvalue weighted by molar-refractivity contribution is 0.196. The van der Waals surface area contributed by atoms with Crippen molar-refractivity contribution in [1.82, 2.24) is 4.72 Å². The van der Waals surface area contributed by atoms with Crippen molar-refractivity contribution in [2.24, 2.45) is 0 Å². The van der Waals surface area contributed by atoms with E-state index in [9.17, 15) is 8.42 Å². The van der Waals surface area contributed by atoms with Gasteiger partial charge in [-0.15, -0.1) is 0 Å². The molecular weight excluding hydrogens is 264 g/mol. The molecule has 0 bridgehead atoms. The Balaban J connectivity index is 2.07. The second-order valence-electron chi connectivity index (χ2n) is 4.81. The van der Waals surface area contributed by atoms with Gasteiger partial charge in [-0.05, 0) is 43.5 Å². The summed E-state index contributed by atoms with van der Waals surface area (Å²) < 4.78 is 31.7. The van der Waals surface area contributed by atoms with Gasteiger partial charge < -0.3 is 10.1 Å². The van der Waals surface area contributed by atoms with Crippen LogP contribution >= 0.6 is 0 Å². The maximum atomic E-state index is 12.1. The number of methoxy groups -OCH3 is 1. The zero-order valence-electron chi connectivity index (χ0n) is 11.3. The molecule has 2 N–H and O–H groups in total. The standard InChI is InChI=1S/C13H20N2O3S/c1-10-8-11-9-12(4-5-13(11)15-10)19(16,17)14-6-3-7-18-2/h4-5,9-10,14-15H,3,6-8H2,1-2H3/t10-/m1/s1. The quantitative estimate of drug-likeness (QED) is 0.774.